The van der Waals surface area contributed by atoms with Crippen molar-refractivity contribution in [3.63, 3.8) is 0 Å². The molecule has 1 atom stereocenters. The van der Waals surface area contributed by atoms with Gasteiger partial charge in [0.1, 0.15) is 5.82 Å². The lowest BCUT2D eigenvalue weighted by Crippen LogP contribution is -2.55. The Labute approximate surface area is 167 Å². The number of benzene rings is 1. The first-order valence-corrected chi connectivity index (χ1v) is 10.4. The summed E-state index contributed by atoms with van der Waals surface area (Å²) in [5.74, 6) is 0.370. The van der Waals surface area contributed by atoms with Gasteiger partial charge < -0.3 is 10.2 Å². The van der Waals surface area contributed by atoms with E-state index in [0.717, 1.165) is 18.8 Å². The fourth-order valence-electron chi connectivity index (χ4n) is 4.22. The first-order valence-electron chi connectivity index (χ1n) is 10.4. The number of anilines is 1. The second-order valence-corrected chi connectivity index (χ2v) is 8.39. The summed E-state index contributed by atoms with van der Waals surface area (Å²) in [6.45, 7) is 8.42. The summed E-state index contributed by atoms with van der Waals surface area (Å²) >= 11 is 0. The van der Waals surface area contributed by atoms with Crippen molar-refractivity contribution >= 4 is 17.4 Å². The van der Waals surface area contributed by atoms with Crippen LogP contribution in [0.1, 0.15) is 56.8 Å². The van der Waals surface area contributed by atoms with Gasteiger partial charge in [-0.15, -0.1) is 0 Å². The van der Waals surface area contributed by atoms with Crippen LogP contribution in [-0.4, -0.2) is 54.9 Å². The van der Waals surface area contributed by atoms with Crippen LogP contribution in [0, 0.1) is 11.7 Å². The molecule has 28 heavy (non-hydrogen) atoms. The summed E-state index contributed by atoms with van der Waals surface area (Å²) in [7, 11) is 0. The number of halogens is 1. The Balaban J connectivity index is 1.51. The third-order valence-corrected chi connectivity index (χ3v) is 6.30. The highest BCUT2D eigenvalue weighted by atomic mass is 19.1. The molecule has 1 heterocycles. The van der Waals surface area contributed by atoms with E-state index in [-0.39, 0.29) is 23.5 Å². The molecular formula is C22H32FN3O2. The Bertz CT molecular complexity index is 708. The van der Waals surface area contributed by atoms with Gasteiger partial charge in [0.2, 0.25) is 5.91 Å². The van der Waals surface area contributed by atoms with Gasteiger partial charge in [0.25, 0.3) is 0 Å². The van der Waals surface area contributed by atoms with Crippen LogP contribution in [-0.2, 0) is 4.79 Å². The van der Waals surface area contributed by atoms with Crippen LogP contribution < -0.4 is 10.2 Å². The van der Waals surface area contributed by atoms with Crippen molar-refractivity contribution < 1.29 is 14.0 Å². The molecule has 1 aromatic carbocycles. The van der Waals surface area contributed by atoms with Crippen molar-refractivity contribution in [2.75, 3.05) is 31.1 Å². The minimum absolute atomic E-state index is 0.102. The molecule has 0 radical (unpaired) electrons. The molecule has 5 nitrogen and oxygen atoms in total. The molecule has 1 amide bonds. The largest absolute Gasteiger partial charge is 0.367 e. The fourth-order valence-corrected chi connectivity index (χ4v) is 4.22. The molecule has 2 aliphatic rings. The van der Waals surface area contributed by atoms with E-state index < -0.39 is 0 Å². The van der Waals surface area contributed by atoms with Crippen molar-refractivity contribution in [2.45, 2.75) is 58.5 Å². The molecule has 1 unspecified atom stereocenters. The average Bonchev–Trinajstić information content (AvgIpc) is 2.69. The Morgan fingerprint density at radius 1 is 1.11 bits per heavy atom. The first-order chi connectivity index (χ1) is 13.3. The van der Waals surface area contributed by atoms with Crippen LogP contribution in [0.5, 0.6) is 0 Å². The summed E-state index contributed by atoms with van der Waals surface area (Å²) < 4.78 is 14.4. The Kier molecular flexibility index (Phi) is 6.70. The second kappa shape index (κ2) is 9.03. The lowest BCUT2D eigenvalue weighted by molar-refractivity contribution is -0.127. The predicted molar refractivity (Wildman–Crippen MR) is 109 cm³/mol. The SMILES string of the molecule is CC(=O)c1ccc(N2CCN(C(C)C(=O)NC3CCC(C)CC3)CC2)c(F)c1. The molecule has 2 fully saturated rings. The smallest absolute Gasteiger partial charge is 0.237 e. The monoisotopic (exact) mass is 389 g/mol. The number of piperazine rings is 1. The van der Waals surface area contributed by atoms with E-state index in [0.29, 0.717) is 43.5 Å². The predicted octanol–water partition coefficient (Wildman–Crippen LogP) is 3.23. The molecular weight excluding hydrogens is 357 g/mol. The van der Waals surface area contributed by atoms with Crippen LogP contribution in [0.3, 0.4) is 0 Å². The molecule has 1 saturated heterocycles. The zero-order valence-electron chi connectivity index (χ0n) is 17.2. The number of carbonyl (C=O) groups excluding carboxylic acids is 2. The van der Waals surface area contributed by atoms with Crippen molar-refractivity contribution in [3.05, 3.63) is 29.6 Å². The maximum atomic E-state index is 14.4. The molecule has 154 valence electrons. The molecule has 1 aromatic rings. The van der Waals surface area contributed by atoms with Crippen LogP contribution in [0.15, 0.2) is 18.2 Å². The Hall–Kier alpha value is -1.95. The van der Waals surface area contributed by atoms with Crippen molar-refractivity contribution in [2.24, 2.45) is 5.92 Å². The van der Waals surface area contributed by atoms with Crippen LogP contribution in [0.4, 0.5) is 10.1 Å². The maximum absolute atomic E-state index is 14.4. The molecule has 0 aromatic heterocycles. The summed E-state index contributed by atoms with van der Waals surface area (Å²) in [6, 6.07) is 4.80. The third kappa shape index (κ3) is 4.90. The standard InChI is InChI=1S/C22H32FN3O2/c1-15-4-7-19(8-5-15)24-22(28)16(2)25-10-12-26(13-11-25)21-9-6-18(17(3)27)14-20(21)23/h6,9,14-16,19H,4-5,7-8,10-13H2,1-3H3,(H,24,28). The minimum Gasteiger partial charge on any atom is -0.367 e. The van der Waals surface area contributed by atoms with E-state index in [1.807, 2.05) is 11.8 Å². The van der Waals surface area contributed by atoms with Gasteiger partial charge in [-0.25, -0.2) is 4.39 Å². The summed E-state index contributed by atoms with van der Waals surface area (Å²) in [5.41, 5.74) is 0.917. The van der Waals surface area contributed by atoms with E-state index in [1.54, 1.807) is 12.1 Å². The molecule has 1 N–H and O–H groups in total. The number of hydrogen-bond donors (Lipinski definition) is 1. The molecule has 1 aliphatic heterocycles. The van der Waals surface area contributed by atoms with Crippen molar-refractivity contribution in [1.29, 1.82) is 0 Å². The van der Waals surface area contributed by atoms with Crippen LogP contribution >= 0.6 is 0 Å². The number of ketones is 1. The van der Waals surface area contributed by atoms with Gasteiger partial charge in [-0.05, 0) is 63.6 Å². The summed E-state index contributed by atoms with van der Waals surface area (Å²) in [6.07, 6.45) is 4.52. The highest BCUT2D eigenvalue weighted by Crippen LogP contribution is 2.24. The molecule has 0 spiro atoms. The number of rotatable bonds is 5. The number of nitrogens with zero attached hydrogens (tertiary/aromatic N) is 2. The molecule has 1 saturated carbocycles. The molecule has 6 heteroatoms. The molecule has 1 aliphatic carbocycles. The average molecular weight is 390 g/mol. The van der Waals surface area contributed by atoms with Gasteiger partial charge >= 0.3 is 0 Å². The van der Waals surface area contributed by atoms with E-state index >= 15 is 0 Å². The lowest BCUT2D eigenvalue weighted by Gasteiger charge is -2.39. The zero-order chi connectivity index (χ0) is 20.3. The first kappa shape index (κ1) is 20.8. The minimum atomic E-state index is -0.363. The summed E-state index contributed by atoms with van der Waals surface area (Å²) in [4.78, 5) is 28.2. The number of nitrogens with one attached hydrogen (secondary N) is 1. The van der Waals surface area contributed by atoms with E-state index in [2.05, 4.69) is 17.1 Å². The number of hydrogen-bond acceptors (Lipinski definition) is 4. The number of carbonyl (C=O) groups is 2. The van der Waals surface area contributed by atoms with E-state index in [9.17, 15) is 14.0 Å². The van der Waals surface area contributed by atoms with Gasteiger partial charge in [-0.2, -0.15) is 0 Å². The molecule has 3 rings (SSSR count). The topological polar surface area (TPSA) is 52.7 Å². The lowest BCUT2D eigenvalue weighted by atomic mass is 9.87. The summed E-state index contributed by atoms with van der Waals surface area (Å²) in [5, 5.41) is 3.22. The Morgan fingerprint density at radius 3 is 2.32 bits per heavy atom. The van der Waals surface area contributed by atoms with Crippen molar-refractivity contribution in [3.8, 4) is 0 Å². The van der Waals surface area contributed by atoms with Crippen LogP contribution in [0.25, 0.3) is 0 Å². The Morgan fingerprint density at radius 2 is 1.75 bits per heavy atom. The second-order valence-electron chi connectivity index (χ2n) is 8.39. The number of Topliss-reactive ketones (excluding diaryl/α,β-unsaturated/α-hetero) is 1. The van der Waals surface area contributed by atoms with Gasteiger partial charge in [0, 0.05) is 37.8 Å². The highest BCUT2D eigenvalue weighted by molar-refractivity contribution is 5.94. The quantitative estimate of drug-likeness (QED) is 0.786. The van der Waals surface area contributed by atoms with Gasteiger partial charge in [-0.1, -0.05) is 6.92 Å². The van der Waals surface area contributed by atoms with Crippen molar-refractivity contribution in [1.82, 2.24) is 10.2 Å². The molecule has 0 bridgehead atoms. The van der Waals surface area contributed by atoms with Gasteiger partial charge in [0.15, 0.2) is 5.78 Å². The number of amides is 1. The third-order valence-electron chi connectivity index (χ3n) is 6.30. The highest BCUT2D eigenvalue weighted by Gasteiger charge is 2.28. The van der Waals surface area contributed by atoms with Crippen LogP contribution in [0.2, 0.25) is 0 Å². The van der Waals surface area contributed by atoms with Gasteiger partial charge in [0.05, 0.1) is 11.7 Å². The maximum Gasteiger partial charge on any atom is 0.237 e. The van der Waals surface area contributed by atoms with Gasteiger partial charge in [-0.3, -0.25) is 14.5 Å². The van der Waals surface area contributed by atoms with E-state index in [4.69, 9.17) is 0 Å². The van der Waals surface area contributed by atoms with E-state index in [1.165, 1.54) is 25.8 Å². The fraction of sp³-hybridized carbons (Fsp3) is 0.636. The zero-order valence-corrected chi connectivity index (χ0v) is 17.2. The normalized spacial score (nSPS) is 24.6.